The lowest BCUT2D eigenvalue weighted by Crippen LogP contribution is -2.08. The molecule has 1 heterocycles. The molecule has 1 aliphatic heterocycles. The van der Waals surface area contributed by atoms with Gasteiger partial charge in [0.25, 0.3) is 0 Å². The Kier molecular flexibility index (Phi) is 6.85. The van der Waals surface area contributed by atoms with Gasteiger partial charge in [-0.3, -0.25) is 4.79 Å². The Balaban J connectivity index is 1.34. The van der Waals surface area contributed by atoms with E-state index < -0.39 is 5.97 Å². The fourth-order valence-electron chi connectivity index (χ4n) is 3.60. The quantitative estimate of drug-likeness (QED) is 0.237. The molecule has 3 aromatic carbocycles. The molecule has 3 aromatic rings. The number of ether oxygens (including phenoxy) is 3. The van der Waals surface area contributed by atoms with Crippen LogP contribution < -0.4 is 14.2 Å². The lowest BCUT2D eigenvalue weighted by molar-refractivity contribution is -0.131. The predicted octanol–water partition coefficient (Wildman–Crippen LogP) is 5.99. The number of rotatable bonds is 9. The molecular formula is C27H26O5. The van der Waals surface area contributed by atoms with Gasteiger partial charge < -0.3 is 14.2 Å². The Bertz CT molecular complexity index is 1080. The molecule has 0 radical (unpaired) electrons. The smallest absolute Gasteiger partial charge is 0.343 e. The van der Waals surface area contributed by atoms with Gasteiger partial charge in [-0.2, -0.15) is 0 Å². The van der Waals surface area contributed by atoms with E-state index in [1.54, 1.807) is 30.3 Å². The highest BCUT2D eigenvalue weighted by Crippen LogP contribution is 2.30. The average molecular weight is 431 g/mol. The van der Waals surface area contributed by atoms with Gasteiger partial charge in [0.05, 0.1) is 18.6 Å². The molecule has 0 N–H and O–H groups in total. The fraction of sp³-hybridized carbons (Fsp3) is 0.259. The van der Waals surface area contributed by atoms with Crippen LogP contribution in [0.2, 0.25) is 0 Å². The molecule has 0 unspecified atom stereocenters. The third-order valence-corrected chi connectivity index (χ3v) is 5.38. The molecule has 0 spiro atoms. The first-order chi connectivity index (χ1) is 15.6. The van der Waals surface area contributed by atoms with E-state index in [0.717, 1.165) is 35.5 Å². The molecule has 4 rings (SSSR count). The molecule has 0 fully saturated rings. The molecule has 1 aliphatic rings. The van der Waals surface area contributed by atoms with Gasteiger partial charge in [-0.1, -0.05) is 50.5 Å². The number of esters is 2. The van der Waals surface area contributed by atoms with E-state index in [9.17, 15) is 9.59 Å². The highest BCUT2D eigenvalue weighted by atomic mass is 16.5. The number of fused-ring (bicyclic) bond motifs is 1. The normalized spacial score (nSPS) is 12.2. The van der Waals surface area contributed by atoms with Gasteiger partial charge in [-0.25, -0.2) is 4.79 Å². The summed E-state index contributed by atoms with van der Waals surface area (Å²) >= 11 is 0. The highest BCUT2D eigenvalue weighted by molar-refractivity contribution is 5.92. The lowest BCUT2D eigenvalue weighted by atomic mass is 10.0. The van der Waals surface area contributed by atoms with Crippen LogP contribution in [0.25, 0.3) is 11.1 Å². The summed E-state index contributed by atoms with van der Waals surface area (Å²) < 4.78 is 16.3. The van der Waals surface area contributed by atoms with Crippen molar-refractivity contribution in [2.24, 2.45) is 0 Å². The Hall–Kier alpha value is -3.60. The van der Waals surface area contributed by atoms with Gasteiger partial charge in [0.15, 0.2) is 0 Å². The first kappa shape index (κ1) is 21.6. The Labute approximate surface area is 187 Å². The molecule has 32 heavy (non-hydrogen) atoms. The van der Waals surface area contributed by atoms with E-state index >= 15 is 0 Å². The monoisotopic (exact) mass is 430 g/mol. The summed E-state index contributed by atoms with van der Waals surface area (Å²) in [5.41, 5.74) is 3.23. The number of hydrogen-bond acceptors (Lipinski definition) is 5. The van der Waals surface area contributed by atoms with Gasteiger partial charge >= 0.3 is 11.9 Å². The summed E-state index contributed by atoms with van der Waals surface area (Å²) in [5.74, 6) is 1.03. The van der Waals surface area contributed by atoms with Gasteiger partial charge in [-0.05, 0) is 60.0 Å². The second kappa shape index (κ2) is 10.1. The number of carbonyl (C=O) groups excluding carboxylic acids is 2. The van der Waals surface area contributed by atoms with E-state index in [2.05, 4.69) is 6.92 Å². The Morgan fingerprint density at radius 1 is 0.875 bits per heavy atom. The van der Waals surface area contributed by atoms with E-state index in [4.69, 9.17) is 14.2 Å². The van der Waals surface area contributed by atoms with Crippen molar-refractivity contribution < 1.29 is 23.8 Å². The zero-order valence-electron chi connectivity index (χ0n) is 18.1. The molecule has 0 aliphatic carbocycles. The maximum Gasteiger partial charge on any atom is 0.343 e. The maximum atomic E-state index is 12.5. The van der Waals surface area contributed by atoms with Gasteiger partial charge in [0.1, 0.15) is 17.2 Å². The van der Waals surface area contributed by atoms with Crippen LogP contribution in [0, 0.1) is 0 Å². The zero-order chi connectivity index (χ0) is 22.3. The summed E-state index contributed by atoms with van der Waals surface area (Å²) in [6.45, 7) is 2.94. The largest absolute Gasteiger partial charge is 0.494 e. The van der Waals surface area contributed by atoms with E-state index in [1.165, 1.54) is 19.3 Å². The molecular weight excluding hydrogens is 404 g/mol. The molecule has 0 bridgehead atoms. The van der Waals surface area contributed by atoms with E-state index in [1.807, 2.05) is 36.4 Å². The number of unbranched alkanes of at least 4 members (excludes halogenated alkanes) is 3. The summed E-state index contributed by atoms with van der Waals surface area (Å²) in [7, 11) is 0. The molecule has 0 saturated heterocycles. The van der Waals surface area contributed by atoms with Crippen molar-refractivity contribution >= 4 is 11.9 Å². The highest BCUT2D eigenvalue weighted by Gasteiger charge is 2.21. The van der Waals surface area contributed by atoms with Crippen LogP contribution in [-0.4, -0.2) is 18.5 Å². The van der Waals surface area contributed by atoms with Crippen molar-refractivity contribution in [1.82, 2.24) is 0 Å². The predicted molar refractivity (Wildman–Crippen MR) is 122 cm³/mol. The summed E-state index contributed by atoms with van der Waals surface area (Å²) in [4.78, 5) is 23.9. The number of carbonyl (C=O) groups is 2. The Morgan fingerprint density at radius 3 is 2.28 bits per heavy atom. The topological polar surface area (TPSA) is 61.8 Å². The van der Waals surface area contributed by atoms with Crippen LogP contribution in [-0.2, 0) is 11.2 Å². The van der Waals surface area contributed by atoms with E-state index in [0.29, 0.717) is 17.1 Å². The van der Waals surface area contributed by atoms with Crippen molar-refractivity contribution in [2.75, 3.05) is 6.61 Å². The first-order valence-electron chi connectivity index (χ1n) is 11.0. The van der Waals surface area contributed by atoms with Crippen molar-refractivity contribution in [1.29, 1.82) is 0 Å². The van der Waals surface area contributed by atoms with Gasteiger partial charge in [0.2, 0.25) is 0 Å². The lowest BCUT2D eigenvalue weighted by Gasteiger charge is -2.08. The van der Waals surface area contributed by atoms with Crippen molar-refractivity contribution in [3.8, 4) is 28.4 Å². The third kappa shape index (κ3) is 5.35. The van der Waals surface area contributed by atoms with Crippen LogP contribution in [0.5, 0.6) is 17.2 Å². The van der Waals surface area contributed by atoms with Crippen LogP contribution >= 0.6 is 0 Å². The minimum absolute atomic E-state index is 0.193. The summed E-state index contributed by atoms with van der Waals surface area (Å²) in [6, 6.07) is 20.2. The van der Waals surface area contributed by atoms with Crippen LogP contribution in [0.3, 0.4) is 0 Å². The van der Waals surface area contributed by atoms with Crippen molar-refractivity contribution in [3.63, 3.8) is 0 Å². The van der Waals surface area contributed by atoms with Crippen LogP contribution in [0.15, 0.2) is 66.7 Å². The summed E-state index contributed by atoms with van der Waals surface area (Å²) in [5, 5.41) is 0. The molecule has 0 amide bonds. The molecule has 164 valence electrons. The van der Waals surface area contributed by atoms with Crippen LogP contribution in [0.1, 0.15) is 48.5 Å². The van der Waals surface area contributed by atoms with Crippen LogP contribution in [0.4, 0.5) is 0 Å². The maximum absolute atomic E-state index is 12.5. The van der Waals surface area contributed by atoms with E-state index in [-0.39, 0.29) is 12.4 Å². The zero-order valence-corrected chi connectivity index (χ0v) is 18.1. The third-order valence-electron chi connectivity index (χ3n) is 5.38. The molecule has 0 aromatic heterocycles. The number of hydrogen-bond donors (Lipinski definition) is 0. The number of benzene rings is 3. The van der Waals surface area contributed by atoms with Gasteiger partial charge in [-0.15, -0.1) is 0 Å². The van der Waals surface area contributed by atoms with Crippen molar-refractivity contribution in [3.05, 3.63) is 77.9 Å². The standard InChI is InChI=1S/C27H26O5/c1-2-3-4-5-16-30-23-12-10-20(11-13-23)19-6-8-21(9-7-19)27(29)31-24-14-15-25-22(17-24)18-26(28)32-25/h6-15,17H,2-5,16,18H2,1H3. The van der Waals surface area contributed by atoms with Crippen molar-refractivity contribution in [2.45, 2.75) is 39.0 Å². The molecule has 5 nitrogen and oxygen atoms in total. The average Bonchev–Trinajstić information content (AvgIpc) is 3.19. The minimum Gasteiger partial charge on any atom is -0.494 e. The Morgan fingerprint density at radius 2 is 1.56 bits per heavy atom. The first-order valence-corrected chi connectivity index (χ1v) is 11.0. The minimum atomic E-state index is -0.450. The molecule has 0 saturated carbocycles. The SMILES string of the molecule is CCCCCCOc1ccc(-c2ccc(C(=O)Oc3ccc4c(c3)CC(=O)O4)cc2)cc1. The summed E-state index contributed by atoms with van der Waals surface area (Å²) in [6.07, 6.45) is 4.93. The molecule has 0 atom stereocenters. The fourth-order valence-corrected chi connectivity index (χ4v) is 3.60. The van der Waals surface area contributed by atoms with Gasteiger partial charge in [0, 0.05) is 5.56 Å². The second-order valence-electron chi connectivity index (χ2n) is 7.82. The molecule has 5 heteroatoms. The second-order valence-corrected chi connectivity index (χ2v) is 7.82.